The monoisotopic (exact) mass is 380 g/mol. The van der Waals surface area contributed by atoms with Crippen molar-refractivity contribution in [3.63, 3.8) is 0 Å². The van der Waals surface area contributed by atoms with Crippen molar-refractivity contribution in [1.29, 1.82) is 0 Å². The highest BCUT2D eigenvalue weighted by atomic mass is 19.4. The summed E-state index contributed by atoms with van der Waals surface area (Å²) in [4.78, 5) is 26.8. The largest absolute Gasteiger partial charge is 0.431 e. The molecule has 0 saturated carbocycles. The average molecular weight is 380 g/mol. The van der Waals surface area contributed by atoms with Gasteiger partial charge in [0.25, 0.3) is 11.6 Å². The number of rotatable bonds is 3. The first-order valence-electron chi connectivity index (χ1n) is 7.50. The molecule has 8 nitrogen and oxygen atoms in total. The molecular formula is C16H11F3N4O4. The standard InChI is InChI=1S/C16H11F3N4O4/c17-16(18,19)13-8-15(25,10-4-3-7-20-9-10)22(21-13)14(24)11-5-1-2-6-12(11)23(26)27/h1-7,9,25H,8H2/t15-/m0/s1. The Morgan fingerprint density at radius 2 is 1.96 bits per heavy atom. The Morgan fingerprint density at radius 3 is 2.56 bits per heavy atom. The first-order valence-corrected chi connectivity index (χ1v) is 7.50. The fourth-order valence-electron chi connectivity index (χ4n) is 2.67. The minimum absolute atomic E-state index is 0.111. The molecule has 1 aromatic carbocycles. The third-order valence-electron chi connectivity index (χ3n) is 3.96. The smallest absolute Gasteiger partial charge is 0.365 e. The van der Waals surface area contributed by atoms with Gasteiger partial charge in [0.2, 0.25) is 0 Å². The van der Waals surface area contributed by atoms with E-state index in [2.05, 4.69) is 10.1 Å². The molecule has 0 fully saturated rings. The summed E-state index contributed by atoms with van der Waals surface area (Å²) in [7, 11) is 0. The molecule has 0 bridgehead atoms. The third-order valence-corrected chi connectivity index (χ3v) is 3.96. The Morgan fingerprint density at radius 1 is 1.26 bits per heavy atom. The molecule has 2 heterocycles. The second-order valence-electron chi connectivity index (χ2n) is 5.67. The molecule has 1 aliphatic rings. The molecule has 2 aromatic rings. The van der Waals surface area contributed by atoms with Crippen LogP contribution in [0.4, 0.5) is 18.9 Å². The predicted octanol–water partition coefficient (Wildman–Crippen LogP) is 2.60. The van der Waals surface area contributed by atoms with E-state index in [9.17, 15) is 33.2 Å². The zero-order valence-corrected chi connectivity index (χ0v) is 13.4. The van der Waals surface area contributed by atoms with Crippen molar-refractivity contribution in [2.45, 2.75) is 18.3 Å². The maximum Gasteiger partial charge on any atom is 0.431 e. The number of nitro groups is 1. The van der Waals surface area contributed by atoms with Crippen LogP contribution in [0.15, 0.2) is 53.9 Å². The second-order valence-corrected chi connectivity index (χ2v) is 5.67. The molecule has 1 amide bonds. The number of benzene rings is 1. The highest BCUT2D eigenvalue weighted by molar-refractivity contribution is 6.02. The quantitative estimate of drug-likeness (QED) is 0.650. The van der Waals surface area contributed by atoms with E-state index in [1.807, 2.05) is 0 Å². The Kier molecular flexibility index (Phi) is 4.39. The van der Waals surface area contributed by atoms with Gasteiger partial charge in [-0.3, -0.25) is 19.9 Å². The topological polar surface area (TPSA) is 109 Å². The normalized spacial score (nSPS) is 19.7. The van der Waals surface area contributed by atoms with Gasteiger partial charge in [0.1, 0.15) is 11.3 Å². The number of nitro benzene ring substituents is 1. The van der Waals surface area contributed by atoms with Gasteiger partial charge in [-0.2, -0.15) is 23.3 Å². The Balaban J connectivity index is 2.13. The van der Waals surface area contributed by atoms with E-state index in [-0.39, 0.29) is 10.6 Å². The molecule has 0 spiro atoms. The first kappa shape index (κ1) is 18.5. The molecule has 1 atom stereocenters. The van der Waals surface area contributed by atoms with Crippen LogP contribution in [0.2, 0.25) is 0 Å². The van der Waals surface area contributed by atoms with Gasteiger partial charge >= 0.3 is 6.18 Å². The van der Waals surface area contributed by atoms with Crippen molar-refractivity contribution in [2.75, 3.05) is 0 Å². The van der Waals surface area contributed by atoms with Crippen LogP contribution in [0.5, 0.6) is 0 Å². The highest BCUT2D eigenvalue weighted by Crippen LogP contribution is 2.40. The van der Waals surface area contributed by atoms with Crippen molar-refractivity contribution in [3.8, 4) is 0 Å². The fourth-order valence-corrected chi connectivity index (χ4v) is 2.67. The van der Waals surface area contributed by atoms with E-state index in [1.165, 1.54) is 30.5 Å². The van der Waals surface area contributed by atoms with E-state index in [4.69, 9.17) is 0 Å². The van der Waals surface area contributed by atoms with E-state index in [0.717, 1.165) is 18.3 Å². The van der Waals surface area contributed by atoms with Crippen LogP contribution in [0.1, 0.15) is 22.3 Å². The molecule has 0 radical (unpaired) electrons. The summed E-state index contributed by atoms with van der Waals surface area (Å²) in [5.41, 5.74) is -5.11. The second kappa shape index (κ2) is 6.43. The van der Waals surface area contributed by atoms with Gasteiger partial charge < -0.3 is 5.11 Å². The van der Waals surface area contributed by atoms with Crippen LogP contribution < -0.4 is 0 Å². The SMILES string of the molecule is O=C(c1ccccc1[N+](=O)[O-])N1N=C(C(F)(F)F)C[C@]1(O)c1cccnc1. The average Bonchev–Trinajstić information content (AvgIpc) is 3.01. The molecule has 1 aromatic heterocycles. The van der Waals surface area contributed by atoms with Gasteiger partial charge in [0, 0.05) is 24.0 Å². The Labute approximate surface area is 149 Å². The van der Waals surface area contributed by atoms with Gasteiger partial charge in [0.05, 0.1) is 11.3 Å². The summed E-state index contributed by atoms with van der Waals surface area (Å²) in [6.45, 7) is 0. The lowest BCUT2D eigenvalue weighted by Crippen LogP contribution is -2.44. The van der Waals surface area contributed by atoms with Gasteiger partial charge in [-0.15, -0.1) is 0 Å². The third kappa shape index (κ3) is 3.24. The molecule has 27 heavy (non-hydrogen) atoms. The van der Waals surface area contributed by atoms with Crippen LogP contribution in [0.25, 0.3) is 0 Å². The summed E-state index contributed by atoms with van der Waals surface area (Å²) >= 11 is 0. The molecule has 11 heteroatoms. The number of aliphatic hydroxyl groups is 1. The van der Waals surface area contributed by atoms with Crippen molar-refractivity contribution in [3.05, 3.63) is 70.0 Å². The molecule has 1 N–H and O–H groups in total. The summed E-state index contributed by atoms with van der Waals surface area (Å²) in [6, 6.07) is 7.37. The number of hydrazone groups is 1. The number of carbonyl (C=O) groups is 1. The molecular weight excluding hydrogens is 369 g/mol. The van der Waals surface area contributed by atoms with Crippen molar-refractivity contribution >= 4 is 17.3 Å². The minimum Gasteiger partial charge on any atom is -0.365 e. The lowest BCUT2D eigenvalue weighted by Gasteiger charge is -2.31. The lowest BCUT2D eigenvalue weighted by atomic mass is 9.98. The van der Waals surface area contributed by atoms with Gasteiger partial charge in [-0.25, -0.2) is 0 Å². The van der Waals surface area contributed by atoms with E-state index in [0.29, 0.717) is 0 Å². The number of hydrogen-bond donors (Lipinski definition) is 1. The zero-order chi connectivity index (χ0) is 19.8. The highest BCUT2D eigenvalue weighted by Gasteiger charge is 2.53. The van der Waals surface area contributed by atoms with Gasteiger partial charge in [-0.05, 0) is 12.1 Å². The molecule has 1 aliphatic heterocycles. The van der Waals surface area contributed by atoms with Gasteiger partial charge in [0.15, 0.2) is 5.72 Å². The molecule has 0 aliphatic carbocycles. The molecule has 140 valence electrons. The molecule has 0 unspecified atom stereocenters. The Hall–Kier alpha value is -3.34. The number of aromatic nitrogens is 1. The Bertz CT molecular complexity index is 933. The number of carbonyl (C=O) groups excluding carboxylic acids is 1. The number of pyridine rings is 1. The number of alkyl halides is 3. The summed E-state index contributed by atoms with van der Waals surface area (Å²) in [6.07, 6.45) is -3.50. The fraction of sp³-hybridized carbons (Fsp3) is 0.188. The lowest BCUT2D eigenvalue weighted by molar-refractivity contribution is -0.385. The maximum atomic E-state index is 13.2. The predicted molar refractivity (Wildman–Crippen MR) is 85.5 cm³/mol. The van der Waals surface area contributed by atoms with Gasteiger partial charge in [-0.1, -0.05) is 18.2 Å². The van der Waals surface area contributed by atoms with Crippen molar-refractivity contribution in [2.24, 2.45) is 5.10 Å². The number of hydrogen-bond acceptors (Lipinski definition) is 6. The van der Waals surface area contributed by atoms with Crippen LogP contribution in [-0.4, -0.2) is 37.8 Å². The van der Waals surface area contributed by atoms with Crippen LogP contribution >= 0.6 is 0 Å². The molecule has 3 rings (SSSR count). The van der Waals surface area contributed by atoms with E-state index >= 15 is 0 Å². The van der Waals surface area contributed by atoms with Crippen LogP contribution in [0, 0.1) is 10.1 Å². The number of halogens is 3. The van der Waals surface area contributed by atoms with Crippen molar-refractivity contribution in [1.82, 2.24) is 9.99 Å². The summed E-state index contributed by atoms with van der Waals surface area (Å²) in [5.74, 6) is -1.24. The minimum atomic E-state index is -4.89. The number of nitrogens with zero attached hydrogens (tertiary/aromatic N) is 4. The van der Waals surface area contributed by atoms with Crippen molar-refractivity contribution < 1.29 is 28.0 Å². The van der Waals surface area contributed by atoms with E-state index < -0.39 is 46.1 Å². The van der Waals surface area contributed by atoms with E-state index in [1.54, 1.807) is 0 Å². The van der Waals surface area contributed by atoms with Crippen LogP contribution in [-0.2, 0) is 5.72 Å². The summed E-state index contributed by atoms with van der Waals surface area (Å²) < 4.78 is 39.5. The first-order chi connectivity index (χ1) is 12.6. The number of para-hydroxylation sites is 1. The zero-order valence-electron chi connectivity index (χ0n) is 13.4. The maximum absolute atomic E-state index is 13.2. The number of amides is 1. The molecule has 0 saturated heterocycles. The summed E-state index contributed by atoms with van der Waals surface area (Å²) in [5, 5.41) is 25.5. The van der Waals surface area contributed by atoms with Crippen LogP contribution in [0.3, 0.4) is 0 Å².